The molecule has 0 aliphatic heterocycles. The van der Waals surface area contributed by atoms with Crippen molar-refractivity contribution in [1.29, 1.82) is 5.26 Å². The summed E-state index contributed by atoms with van der Waals surface area (Å²) in [5.74, 6) is -0.823. The Morgan fingerprint density at radius 2 is 2.08 bits per heavy atom. The topological polar surface area (TPSA) is 50.1 Å². The van der Waals surface area contributed by atoms with Crippen LogP contribution in [0.15, 0.2) is 30.3 Å². The second-order valence-electron chi connectivity index (χ2n) is 2.48. The predicted octanol–water partition coefficient (Wildman–Crippen LogP) is 1.30. The Morgan fingerprint density at radius 3 is 2.69 bits per heavy atom. The van der Waals surface area contributed by atoms with Gasteiger partial charge in [0.1, 0.15) is 0 Å². The molecule has 0 aliphatic carbocycles. The average molecular weight is 175 g/mol. The summed E-state index contributed by atoms with van der Waals surface area (Å²) in [6, 6.07) is 11.0. The Morgan fingerprint density at radius 1 is 1.38 bits per heavy atom. The van der Waals surface area contributed by atoms with Gasteiger partial charge in [0.15, 0.2) is 6.07 Å². The maximum absolute atomic E-state index is 10.4. The minimum atomic E-state index is -0.823. The molecule has 0 aliphatic rings. The highest BCUT2D eigenvalue weighted by Crippen LogP contribution is 1.99. The molecule has 0 fully saturated rings. The van der Waals surface area contributed by atoms with Crippen LogP contribution in [0.5, 0.6) is 0 Å². The molecule has 0 radical (unpaired) electrons. The van der Waals surface area contributed by atoms with Crippen LogP contribution in [0.3, 0.4) is 0 Å². The summed E-state index contributed by atoms with van der Waals surface area (Å²) < 4.78 is 4.60. The normalized spacial score (nSPS) is 8.85. The molecule has 0 amide bonds. The van der Waals surface area contributed by atoms with Crippen molar-refractivity contribution in [3.05, 3.63) is 35.9 Å². The van der Waals surface area contributed by atoms with Crippen LogP contribution < -0.4 is 0 Å². The fraction of sp³-hybridized carbons (Fsp3) is 0.200. The van der Waals surface area contributed by atoms with E-state index in [1.165, 1.54) is 6.07 Å². The fourth-order valence-electron chi connectivity index (χ4n) is 0.939. The standard InChI is InChI=1S/C10H9NO2/c11-8-10(12)13-7-6-9-4-2-1-3-5-9/h1-5H,6-7H2. The predicted molar refractivity (Wildman–Crippen MR) is 46.7 cm³/mol. The second kappa shape index (κ2) is 4.94. The molecule has 0 spiro atoms. The molecule has 1 aromatic carbocycles. The molecule has 13 heavy (non-hydrogen) atoms. The highest BCUT2D eigenvalue weighted by Gasteiger charge is 1.98. The largest absolute Gasteiger partial charge is 0.454 e. The van der Waals surface area contributed by atoms with Gasteiger partial charge >= 0.3 is 5.97 Å². The van der Waals surface area contributed by atoms with E-state index >= 15 is 0 Å². The first-order chi connectivity index (χ1) is 6.33. The van der Waals surface area contributed by atoms with Gasteiger partial charge < -0.3 is 4.74 Å². The molecule has 0 saturated heterocycles. The first kappa shape index (κ1) is 9.27. The van der Waals surface area contributed by atoms with E-state index in [9.17, 15) is 4.79 Å². The molecular formula is C10H9NO2. The number of hydrogen-bond donors (Lipinski definition) is 0. The van der Waals surface area contributed by atoms with Crippen LogP contribution in [0.2, 0.25) is 0 Å². The van der Waals surface area contributed by atoms with Crippen molar-refractivity contribution in [3.63, 3.8) is 0 Å². The zero-order valence-corrected chi connectivity index (χ0v) is 7.06. The lowest BCUT2D eigenvalue weighted by Crippen LogP contribution is -2.04. The van der Waals surface area contributed by atoms with E-state index in [-0.39, 0.29) is 6.61 Å². The van der Waals surface area contributed by atoms with E-state index in [1.807, 2.05) is 30.3 Å². The molecular weight excluding hydrogens is 166 g/mol. The number of esters is 1. The van der Waals surface area contributed by atoms with Crippen LogP contribution in [0, 0.1) is 11.3 Å². The number of ether oxygens (including phenoxy) is 1. The third-order valence-electron chi connectivity index (χ3n) is 1.56. The molecule has 0 unspecified atom stereocenters. The minimum Gasteiger partial charge on any atom is -0.454 e. The van der Waals surface area contributed by atoms with Gasteiger partial charge in [0.2, 0.25) is 0 Å². The zero-order valence-electron chi connectivity index (χ0n) is 7.06. The minimum absolute atomic E-state index is 0.260. The lowest BCUT2D eigenvalue weighted by atomic mass is 10.2. The van der Waals surface area contributed by atoms with Gasteiger partial charge in [-0.2, -0.15) is 5.26 Å². The van der Waals surface area contributed by atoms with Gasteiger partial charge in [-0.25, -0.2) is 4.79 Å². The third kappa shape index (κ3) is 3.39. The molecule has 0 saturated carbocycles. The number of rotatable bonds is 3. The van der Waals surface area contributed by atoms with Crippen molar-refractivity contribution in [2.75, 3.05) is 6.61 Å². The highest BCUT2D eigenvalue weighted by atomic mass is 16.5. The van der Waals surface area contributed by atoms with Crippen LogP contribution in [-0.2, 0) is 16.0 Å². The highest BCUT2D eigenvalue weighted by molar-refractivity contribution is 5.85. The molecule has 66 valence electrons. The van der Waals surface area contributed by atoms with Gasteiger partial charge in [0, 0.05) is 6.42 Å². The molecule has 0 bridgehead atoms. The van der Waals surface area contributed by atoms with Crippen molar-refractivity contribution in [1.82, 2.24) is 0 Å². The maximum atomic E-state index is 10.4. The van der Waals surface area contributed by atoms with Crippen LogP contribution in [-0.4, -0.2) is 12.6 Å². The summed E-state index contributed by atoms with van der Waals surface area (Å²) in [6.45, 7) is 0.260. The van der Waals surface area contributed by atoms with Gasteiger partial charge in [0.25, 0.3) is 0 Å². The molecule has 0 atom stereocenters. The molecule has 3 nitrogen and oxygen atoms in total. The van der Waals surface area contributed by atoms with Gasteiger partial charge in [-0.3, -0.25) is 0 Å². The summed E-state index contributed by atoms with van der Waals surface area (Å²) in [5, 5.41) is 8.11. The number of nitrogens with zero attached hydrogens (tertiary/aromatic N) is 1. The Balaban J connectivity index is 2.29. The fourth-order valence-corrected chi connectivity index (χ4v) is 0.939. The van der Waals surface area contributed by atoms with Gasteiger partial charge in [0.05, 0.1) is 6.61 Å². The van der Waals surface area contributed by atoms with E-state index in [0.717, 1.165) is 5.56 Å². The molecule has 0 N–H and O–H groups in total. The summed E-state index contributed by atoms with van der Waals surface area (Å²) in [6.07, 6.45) is 0.647. The summed E-state index contributed by atoms with van der Waals surface area (Å²) in [5.41, 5.74) is 1.09. The average Bonchev–Trinajstić information content (AvgIpc) is 2.19. The maximum Gasteiger partial charge on any atom is 0.411 e. The molecule has 0 heterocycles. The van der Waals surface area contributed by atoms with Crippen LogP contribution >= 0.6 is 0 Å². The second-order valence-corrected chi connectivity index (χ2v) is 2.48. The first-order valence-electron chi connectivity index (χ1n) is 3.93. The van der Waals surface area contributed by atoms with Crippen LogP contribution in [0.25, 0.3) is 0 Å². The Kier molecular flexibility index (Phi) is 3.52. The van der Waals surface area contributed by atoms with Crippen LogP contribution in [0.4, 0.5) is 0 Å². The monoisotopic (exact) mass is 175 g/mol. The summed E-state index contributed by atoms with van der Waals surface area (Å²) >= 11 is 0. The van der Waals surface area contributed by atoms with Crippen molar-refractivity contribution >= 4 is 5.97 Å². The zero-order chi connectivity index (χ0) is 9.52. The van der Waals surface area contributed by atoms with Crippen molar-refractivity contribution < 1.29 is 9.53 Å². The van der Waals surface area contributed by atoms with E-state index in [2.05, 4.69) is 4.74 Å². The number of nitriles is 1. The first-order valence-corrected chi connectivity index (χ1v) is 3.93. The quantitative estimate of drug-likeness (QED) is 0.514. The number of hydrogen-bond acceptors (Lipinski definition) is 3. The van der Waals surface area contributed by atoms with Crippen LogP contribution in [0.1, 0.15) is 5.56 Å². The summed E-state index contributed by atoms with van der Waals surface area (Å²) in [4.78, 5) is 10.4. The summed E-state index contributed by atoms with van der Waals surface area (Å²) in [7, 11) is 0. The van der Waals surface area contributed by atoms with Crippen molar-refractivity contribution in [2.45, 2.75) is 6.42 Å². The molecule has 3 heteroatoms. The third-order valence-corrected chi connectivity index (χ3v) is 1.56. The van der Waals surface area contributed by atoms with E-state index in [0.29, 0.717) is 6.42 Å². The van der Waals surface area contributed by atoms with Gasteiger partial charge in [-0.05, 0) is 5.56 Å². The number of carbonyl (C=O) groups excluding carboxylic acids is 1. The van der Waals surface area contributed by atoms with Crippen molar-refractivity contribution in [3.8, 4) is 6.07 Å². The van der Waals surface area contributed by atoms with E-state index in [1.54, 1.807) is 0 Å². The Hall–Kier alpha value is -1.82. The van der Waals surface area contributed by atoms with Crippen molar-refractivity contribution in [2.24, 2.45) is 0 Å². The number of carbonyl (C=O) groups is 1. The Bertz CT molecular complexity index is 313. The SMILES string of the molecule is N#CC(=O)OCCc1ccccc1. The van der Waals surface area contributed by atoms with E-state index in [4.69, 9.17) is 5.26 Å². The molecule has 1 rings (SSSR count). The molecule has 1 aromatic rings. The van der Waals surface area contributed by atoms with E-state index < -0.39 is 5.97 Å². The Labute approximate surface area is 76.6 Å². The number of benzene rings is 1. The van der Waals surface area contributed by atoms with Gasteiger partial charge in [-0.1, -0.05) is 30.3 Å². The lowest BCUT2D eigenvalue weighted by Gasteiger charge is -1.99. The molecule has 0 aromatic heterocycles. The smallest absolute Gasteiger partial charge is 0.411 e. The lowest BCUT2D eigenvalue weighted by molar-refractivity contribution is -0.136. The van der Waals surface area contributed by atoms with Gasteiger partial charge in [-0.15, -0.1) is 0 Å².